The zero-order valence-corrected chi connectivity index (χ0v) is 7.81. The van der Waals surface area contributed by atoms with Crippen molar-refractivity contribution in [3.63, 3.8) is 0 Å². The van der Waals surface area contributed by atoms with Gasteiger partial charge in [0.1, 0.15) is 0 Å². The minimum atomic E-state index is -0.363. The number of amides is 2. The van der Waals surface area contributed by atoms with E-state index in [0.717, 1.165) is 0 Å². The van der Waals surface area contributed by atoms with Crippen molar-refractivity contribution in [3.05, 3.63) is 42.9 Å². The van der Waals surface area contributed by atoms with E-state index in [1.165, 1.54) is 6.26 Å². The maximum absolute atomic E-state index is 11.4. The first-order valence-corrected chi connectivity index (χ1v) is 4.36. The van der Waals surface area contributed by atoms with Crippen molar-refractivity contribution in [3.8, 4) is 0 Å². The summed E-state index contributed by atoms with van der Waals surface area (Å²) in [6, 6.07) is 6.47. The lowest BCUT2D eigenvalue weighted by Gasteiger charge is -2.03. The van der Waals surface area contributed by atoms with Gasteiger partial charge in [-0.15, -0.1) is 0 Å². The first kappa shape index (κ1) is 9.26. The number of rotatable bonds is 2. The van der Waals surface area contributed by atoms with Crippen LogP contribution < -0.4 is 10.6 Å². The molecule has 15 heavy (non-hydrogen) atoms. The summed E-state index contributed by atoms with van der Waals surface area (Å²) >= 11 is 0. The molecule has 2 aromatic heterocycles. The highest BCUT2D eigenvalue weighted by Gasteiger charge is 2.03. The first-order chi connectivity index (χ1) is 7.34. The van der Waals surface area contributed by atoms with E-state index in [0.29, 0.717) is 11.6 Å². The van der Waals surface area contributed by atoms with Crippen molar-refractivity contribution in [2.45, 2.75) is 0 Å². The number of anilines is 2. The van der Waals surface area contributed by atoms with Gasteiger partial charge in [0.2, 0.25) is 5.88 Å². The molecule has 2 aromatic rings. The molecule has 0 radical (unpaired) electrons. The number of nitrogens with one attached hydrogen (secondary N) is 2. The molecule has 2 amide bonds. The Morgan fingerprint density at radius 3 is 2.87 bits per heavy atom. The Morgan fingerprint density at radius 1 is 1.27 bits per heavy atom. The Labute approximate surface area is 86.1 Å². The van der Waals surface area contributed by atoms with Crippen LogP contribution in [-0.4, -0.2) is 11.0 Å². The Kier molecular flexibility index (Phi) is 2.64. The van der Waals surface area contributed by atoms with E-state index in [4.69, 9.17) is 4.42 Å². The van der Waals surface area contributed by atoms with Crippen LogP contribution in [0.15, 0.2) is 47.3 Å². The molecule has 2 heterocycles. The molecule has 0 bridgehead atoms. The summed E-state index contributed by atoms with van der Waals surface area (Å²) in [7, 11) is 0. The Bertz CT molecular complexity index is 425. The van der Waals surface area contributed by atoms with Gasteiger partial charge in [-0.1, -0.05) is 0 Å². The lowest BCUT2D eigenvalue weighted by Crippen LogP contribution is -2.18. The van der Waals surface area contributed by atoms with E-state index in [-0.39, 0.29) is 6.03 Å². The number of hydrogen-bond donors (Lipinski definition) is 2. The van der Waals surface area contributed by atoms with Crippen LogP contribution in [-0.2, 0) is 0 Å². The molecule has 5 nitrogen and oxygen atoms in total. The zero-order chi connectivity index (χ0) is 10.5. The molecule has 0 saturated heterocycles. The van der Waals surface area contributed by atoms with Gasteiger partial charge in [0.25, 0.3) is 0 Å². The first-order valence-electron chi connectivity index (χ1n) is 4.36. The Balaban J connectivity index is 1.94. The van der Waals surface area contributed by atoms with Gasteiger partial charge in [0.05, 0.1) is 18.1 Å². The van der Waals surface area contributed by atoms with E-state index in [9.17, 15) is 4.79 Å². The van der Waals surface area contributed by atoms with Gasteiger partial charge in [-0.05, 0) is 18.2 Å². The minimum Gasteiger partial charge on any atom is -0.449 e. The molecule has 0 fully saturated rings. The molecule has 0 spiro atoms. The number of furan rings is 1. The van der Waals surface area contributed by atoms with Crippen molar-refractivity contribution < 1.29 is 9.21 Å². The second kappa shape index (κ2) is 4.28. The molecular formula is C10H9N3O2. The largest absolute Gasteiger partial charge is 0.449 e. The quantitative estimate of drug-likeness (QED) is 0.787. The van der Waals surface area contributed by atoms with Crippen LogP contribution in [0.25, 0.3) is 0 Å². The molecule has 5 heteroatoms. The minimum absolute atomic E-state index is 0.363. The van der Waals surface area contributed by atoms with Crippen LogP contribution in [0.2, 0.25) is 0 Å². The number of pyridine rings is 1. The van der Waals surface area contributed by atoms with Gasteiger partial charge < -0.3 is 9.73 Å². The fourth-order valence-corrected chi connectivity index (χ4v) is 1.06. The number of hydrogen-bond acceptors (Lipinski definition) is 3. The smallest absolute Gasteiger partial charge is 0.326 e. The van der Waals surface area contributed by atoms with Crippen molar-refractivity contribution in [2.75, 3.05) is 10.6 Å². The molecule has 76 valence electrons. The Hall–Kier alpha value is -2.30. The fraction of sp³-hybridized carbons (Fsp3) is 0. The standard InChI is InChI=1S/C10H9N3O2/c14-10(13-9-4-2-6-15-9)12-8-3-1-5-11-7-8/h1-7H,(H2,12,13,14). The highest BCUT2D eigenvalue weighted by Crippen LogP contribution is 2.08. The summed E-state index contributed by atoms with van der Waals surface area (Å²) in [6.07, 6.45) is 4.68. The van der Waals surface area contributed by atoms with Crippen molar-refractivity contribution in [1.29, 1.82) is 0 Å². The summed E-state index contributed by atoms with van der Waals surface area (Å²) in [5, 5.41) is 5.13. The predicted molar refractivity (Wildman–Crippen MR) is 55.6 cm³/mol. The maximum Gasteiger partial charge on any atom is 0.326 e. The molecule has 2 rings (SSSR count). The number of nitrogens with zero attached hydrogens (tertiary/aromatic N) is 1. The monoisotopic (exact) mass is 203 g/mol. The van der Waals surface area contributed by atoms with Crippen molar-refractivity contribution in [1.82, 2.24) is 4.98 Å². The molecule has 0 saturated carbocycles. The van der Waals surface area contributed by atoms with Gasteiger partial charge in [-0.25, -0.2) is 4.79 Å². The van der Waals surface area contributed by atoms with Crippen LogP contribution in [0.5, 0.6) is 0 Å². The van der Waals surface area contributed by atoms with Crippen molar-refractivity contribution in [2.24, 2.45) is 0 Å². The second-order valence-corrected chi connectivity index (χ2v) is 2.80. The van der Waals surface area contributed by atoms with E-state index >= 15 is 0 Å². The predicted octanol–water partition coefficient (Wildman–Crippen LogP) is 2.32. The van der Waals surface area contributed by atoms with Crippen LogP contribution in [0.1, 0.15) is 0 Å². The van der Waals surface area contributed by atoms with E-state index in [2.05, 4.69) is 15.6 Å². The molecule has 0 aliphatic carbocycles. The molecule has 0 aliphatic rings. The SMILES string of the molecule is O=C(Nc1cccnc1)Nc1ccco1. The van der Waals surface area contributed by atoms with E-state index in [1.54, 1.807) is 36.7 Å². The topological polar surface area (TPSA) is 67.2 Å². The van der Waals surface area contributed by atoms with Crippen LogP contribution in [0, 0.1) is 0 Å². The highest BCUT2D eigenvalue weighted by atomic mass is 16.3. The summed E-state index contributed by atoms with van der Waals surface area (Å²) < 4.78 is 4.95. The maximum atomic E-state index is 11.4. The van der Waals surface area contributed by atoms with Crippen LogP contribution in [0.3, 0.4) is 0 Å². The summed E-state index contributed by atoms with van der Waals surface area (Å²) in [4.78, 5) is 15.2. The zero-order valence-electron chi connectivity index (χ0n) is 7.81. The molecule has 0 unspecified atom stereocenters. The number of aromatic nitrogens is 1. The fourth-order valence-electron chi connectivity index (χ4n) is 1.06. The molecule has 0 atom stereocenters. The highest BCUT2D eigenvalue weighted by molar-refractivity contribution is 5.98. The van der Waals surface area contributed by atoms with Gasteiger partial charge in [0.15, 0.2) is 0 Å². The van der Waals surface area contributed by atoms with Gasteiger partial charge in [0, 0.05) is 12.3 Å². The van der Waals surface area contributed by atoms with E-state index in [1.807, 2.05) is 0 Å². The van der Waals surface area contributed by atoms with Gasteiger partial charge in [-0.3, -0.25) is 10.3 Å². The molecular weight excluding hydrogens is 194 g/mol. The lowest BCUT2D eigenvalue weighted by molar-refractivity contribution is 0.261. The summed E-state index contributed by atoms with van der Waals surface area (Å²) in [5.41, 5.74) is 0.626. The number of urea groups is 1. The van der Waals surface area contributed by atoms with Gasteiger partial charge >= 0.3 is 6.03 Å². The third-order valence-corrected chi connectivity index (χ3v) is 1.68. The Morgan fingerprint density at radius 2 is 2.20 bits per heavy atom. The molecule has 0 aliphatic heterocycles. The molecule has 0 aromatic carbocycles. The summed E-state index contributed by atoms with van der Waals surface area (Å²) in [6.45, 7) is 0. The average Bonchev–Trinajstić information content (AvgIpc) is 2.71. The van der Waals surface area contributed by atoms with Crippen molar-refractivity contribution >= 4 is 17.6 Å². The number of carbonyl (C=O) groups excluding carboxylic acids is 1. The van der Waals surface area contributed by atoms with E-state index < -0.39 is 0 Å². The molecule has 2 N–H and O–H groups in total. The normalized spacial score (nSPS) is 9.60. The second-order valence-electron chi connectivity index (χ2n) is 2.80. The average molecular weight is 203 g/mol. The number of carbonyl (C=O) groups is 1. The summed E-state index contributed by atoms with van der Waals surface area (Å²) in [5.74, 6) is 0.399. The van der Waals surface area contributed by atoms with Gasteiger partial charge in [-0.2, -0.15) is 0 Å². The van der Waals surface area contributed by atoms with Crippen LogP contribution >= 0.6 is 0 Å². The third kappa shape index (κ3) is 2.57. The van der Waals surface area contributed by atoms with Crippen LogP contribution in [0.4, 0.5) is 16.4 Å². The third-order valence-electron chi connectivity index (χ3n) is 1.68. The lowest BCUT2D eigenvalue weighted by atomic mass is 10.4.